The fourth-order valence-electron chi connectivity index (χ4n) is 3.21. The standard InChI is InChI=1S/C21H24N6O4S2/c1-16-2-6-18(7-3-16)27-21(23-24-25-27)32-15-20(28)22-14-17-4-8-19(9-5-17)33(29,30)26-10-12-31-13-11-26/h2-9H,10-15H2,1H3,(H,22,28). The second-order valence-corrected chi connectivity index (χ2v) is 10.3. The zero-order chi connectivity index (χ0) is 23.3. The molecule has 1 fully saturated rings. The Morgan fingerprint density at radius 1 is 1.09 bits per heavy atom. The second-order valence-electron chi connectivity index (χ2n) is 7.43. The predicted octanol–water partition coefficient (Wildman–Crippen LogP) is 1.40. The van der Waals surface area contributed by atoms with Crippen molar-refractivity contribution in [1.29, 1.82) is 0 Å². The molecule has 0 saturated carbocycles. The lowest BCUT2D eigenvalue weighted by atomic mass is 10.2. The molecule has 1 aliphatic rings. The van der Waals surface area contributed by atoms with E-state index in [0.717, 1.165) is 16.8 Å². The van der Waals surface area contributed by atoms with Gasteiger partial charge in [0.1, 0.15) is 0 Å². The number of hydrogen-bond acceptors (Lipinski definition) is 8. The van der Waals surface area contributed by atoms with Gasteiger partial charge in [0, 0.05) is 19.6 Å². The third-order valence-corrected chi connectivity index (χ3v) is 7.90. The highest BCUT2D eigenvalue weighted by atomic mass is 32.2. The lowest BCUT2D eigenvalue weighted by molar-refractivity contribution is -0.118. The maximum Gasteiger partial charge on any atom is 0.243 e. The van der Waals surface area contributed by atoms with Crippen LogP contribution in [0.3, 0.4) is 0 Å². The average molecular weight is 489 g/mol. The topological polar surface area (TPSA) is 119 Å². The summed E-state index contributed by atoms with van der Waals surface area (Å²) < 4.78 is 33.6. The van der Waals surface area contributed by atoms with E-state index in [0.29, 0.717) is 38.0 Å². The first kappa shape index (κ1) is 23.4. The lowest BCUT2D eigenvalue weighted by Gasteiger charge is -2.26. The molecular formula is C21H24N6O4S2. The molecular weight excluding hydrogens is 464 g/mol. The number of sulfonamides is 1. The number of rotatable bonds is 8. The number of aromatic nitrogens is 4. The van der Waals surface area contributed by atoms with E-state index in [1.165, 1.54) is 16.1 Å². The number of amides is 1. The summed E-state index contributed by atoms with van der Waals surface area (Å²) in [6, 6.07) is 14.3. The first-order valence-electron chi connectivity index (χ1n) is 10.4. The Morgan fingerprint density at radius 3 is 2.48 bits per heavy atom. The van der Waals surface area contributed by atoms with Gasteiger partial charge >= 0.3 is 0 Å². The Kier molecular flexibility index (Phi) is 7.38. The molecule has 174 valence electrons. The van der Waals surface area contributed by atoms with Gasteiger partial charge in [-0.05, 0) is 47.2 Å². The number of nitrogens with one attached hydrogen (secondary N) is 1. The number of tetrazole rings is 1. The largest absolute Gasteiger partial charge is 0.379 e. The van der Waals surface area contributed by atoms with E-state index >= 15 is 0 Å². The quantitative estimate of drug-likeness (QED) is 0.473. The third kappa shape index (κ3) is 5.77. The van der Waals surface area contributed by atoms with Crippen LogP contribution in [0.1, 0.15) is 11.1 Å². The summed E-state index contributed by atoms with van der Waals surface area (Å²) in [5.74, 6) is -0.0288. The van der Waals surface area contributed by atoms with Gasteiger partial charge in [-0.3, -0.25) is 4.79 Å². The first-order chi connectivity index (χ1) is 15.9. The van der Waals surface area contributed by atoms with E-state index < -0.39 is 10.0 Å². The maximum atomic E-state index is 12.7. The molecule has 4 rings (SSSR count). The number of nitrogens with zero attached hydrogens (tertiary/aromatic N) is 5. The van der Waals surface area contributed by atoms with Gasteiger partial charge < -0.3 is 10.1 Å². The molecule has 0 bridgehead atoms. The molecule has 1 aromatic heterocycles. The first-order valence-corrected chi connectivity index (χ1v) is 12.8. The number of morpholine rings is 1. The zero-order valence-corrected chi connectivity index (χ0v) is 19.7. The highest BCUT2D eigenvalue weighted by Gasteiger charge is 2.26. The van der Waals surface area contributed by atoms with Crippen molar-refractivity contribution >= 4 is 27.7 Å². The molecule has 2 aromatic carbocycles. The Hall–Kier alpha value is -2.80. The van der Waals surface area contributed by atoms with Gasteiger partial charge in [-0.15, -0.1) is 5.10 Å². The lowest BCUT2D eigenvalue weighted by Crippen LogP contribution is -2.40. The summed E-state index contributed by atoms with van der Waals surface area (Å²) in [6.45, 7) is 3.80. The fourth-order valence-corrected chi connectivity index (χ4v) is 5.34. The van der Waals surface area contributed by atoms with E-state index in [9.17, 15) is 13.2 Å². The van der Waals surface area contributed by atoms with Crippen molar-refractivity contribution in [3.8, 4) is 5.69 Å². The summed E-state index contributed by atoms with van der Waals surface area (Å²) in [6.07, 6.45) is 0. The van der Waals surface area contributed by atoms with Crippen LogP contribution in [0.5, 0.6) is 0 Å². The minimum Gasteiger partial charge on any atom is -0.379 e. The van der Waals surface area contributed by atoms with Crippen LogP contribution in [0.4, 0.5) is 0 Å². The molecule has 2 heterocycles. The number of carbonyl (C=O) groups excluding carboxylic acids is 1. The molecule has 10 nitrogen and oxygen atoms in total. The summed E-state index contributed by atoms with van der Waals surface area (Å²) in [7, 11) is -3.53. The van der Waals surface area contributed by atoms with E-state index in [4.69, 9.17) is 4.74 Å². The molecule has 1 aliphatic heterocycles. The van der Waals surface area contributed by atoms with Crippen LogP contribution in [0.15, 0.2) is 58.6 Å². The van der Waals surface area contributed by atoms with Gasteiger partial charge in [0.05, 0.1) is 29.5 Å². The van der Waals surface area contributed by atoms with E-state index in [1.807, 2.05) is 31.2 Å². The fraction of sp³-hybridized carbons (Fsp3) is 0.333. The molecule has 3 aromatic rings. The molecule has 1 saturated heterocycles. The van der Waals surface area contributed by atoms with Gasteiger partial charge in [-0.25, -0.2) is 8.42 Å². The third-order valence-electron chi connectivity index (χ3n) is 5.07. The normalized spacial score (nSPS) is 14.8. The summed E-state index contributed by atoms with van der Waals surface area (Å²) >= 11 is 1.24. The summed E-state index contributed by atoms with van der Waals surface area (Å²) in [4.78, 5) is 12.5. The SMILES string of the molecule is Cc1ccc(-n2nnnc2SCC(=O)NCc2ccc(S(=O)(=O)N3CCOCC3)cc2)cc1. The molecule has 0 radical (unpaired) electrons. The van der Waals surface area contributed by atoms with Gasteiger partial charge in [0.15, 0.2) is 0 Å². The molecule has 0 atom stereocenters. The van der Waals surface area contributed by atoms with Gasteiger partial charge in [-0.2, -0.15) is 8.99 Å². The van der Waals surface area contributed by atoms with Crippen LogP contribution >= 0.6 is 11.8 Å². The number of hydrogen-bond donors (Lipinski definition) is 1. The van der Waals surface area contributed by atoms with Crippen LogP contribution in [0.2, 0.25) is 0 Å². The number of benzene rings is 2. The van der Waals surface area contributed by atoms with Crippen LogP contribution < -0.4 is 5.32 Å². The van der Waals surface area contributed by atoms with Crippen molar-refractivity contribution in [3.05, 3.63) is 59.7 Å². The highest BCUT2D eigenvalue weighted by molar-refractivity contribution is 7.99. The van der Waals surface area contributed by atoms with Crippen LogP contribution in [0, 0.1) is 6.92 Å². The highest BCUT2D eigenvalue weighted by Crippen LogP contribution is 2.19. The molecule has 12 heteroatoms. The smallest absolute Gasteiger partial charge is 0.243 e. The summed E-state index contributed by atoms with van der Waals surface area (Å²) in [5, 5.41) is 15.0. The Bertz CT molecular complexity index is 1190. The number of ether oxygens (including phenoxy) is 1. The van der Waals surface area contributed by atoms with Crippen LogP contribution in [-0.4, -0.2) is 70.9 Å². The number of aryl methyl sites for hydroxylation is 1. The van der Waals surface area contributed by atoms with Gasteiger partial charge in [0.25, 0.3) is 0 Å². The molecule has 0 aliphatic carbocycles. The van der Waals surface area contributed by atoms with Crippen molar-refractivity contribution in [2.75, 3.05) is 32.1 Å². The molecule has 1 amide bonds. The molecule has 0 unspecified atom stereocenters. The van der Waals surface area contributed by atoms with Crippen LogP contribution in [-0.2, 0) is 26.1 Å². The second kappa shape index (κ2) is 10.4. The molecule has 33 heavy (non-hydrogen) atoms. The van der Waals surface area contributed by atoms with Crippen molar-refractivity contribution in [2.45, 2.75) is 23.5 Å². The Morgan fingerprint density at radius 2 is 1.79 bits per heavy atom. The maximum absolute atomic E-state index is 12.7. The molecule has 0 spiro atoms. The monoisotopic (exact) mass is 488 g/mol. The van der Waals surface area contributed by atoms with Crippen LogP contribution in [0.25, 0.3) is 5.69 Å². The number of carbonyl (C=O) groups is 1. The predicted molar refractivity (Wildman–Crippen MR) is 122 cm³/mol. The Labute approximate surface area is 196 Å². The Balaban J connectivity index is 1.29. The number of thioether (sulfide) groups is 1. The average Bonchev–Trinajstić information content (AvgIpc) is 3.31. The minimum absolute atomic E-state index is 0.149. The van der Waals surface area contributed by atoms with Gasteiger partial charge in [-0.1, -0.05) is 41.6 Å². The van der Waals surface area contributed by atoms with Crippen molar-refractivity contribution < 1.29 is 17.9 Å². The van der Waals surface area contributed by atoms with E-state index in [2.05, 4.69) is 20.8 Å². The molecule has 1 N–H and O–H groups in total. The minimum atomic E-state index is -3.53. The van der Waals surface area contributed by atoms with Crippen molar-refractivity contribution in [1.82, 2.24) is 29.8 Å². The summed E-state index contributed by atoms with van der Waals surface area (Å²) in [5.41, 5.74) is 2.76. The van der Waals surface area contributed by atoms with Crippen molar-refractivity contribution in [2.24, 2.45) is 0 Å². The van der Waals surface area contributed by atoms with Crippen molar-refractivity contribution in [3.63, 3.8) is 0 Å². The van der Waals surface area contributed by atoms with E-state index in [-0.39, 0.29) is 16.6 Å². The zero-order valence-electron chi connectivity index (χ0n) is 18.0. The van der Waals surface area contributed by atoms with Gasteiger partial charge in [0.2, 0.25) is 21.1 Å². The van der Waals surface area contributed by atoms with E-state index in [1.54, 1.807) is 28.9 Å².